The van der Waals surface area contributed by atoms with Gasteiger partial charge < -0.3 is 14.6 Å². The van der Waals surface area contributed by atoms with E-state index in [1.165, 1.54) is 12.1 Å². The zero-order valence-corrected chi connectivity index (χ0v) is 21.4. The molecule has 3 aromatic rings. The molecule has 2 unspecified atom stereocenters. The molecular weight excluding hydrogens is 459 g/mol. The van der Waals surface area contributed by atoms with Gasteiger partial charge in [-0.15, -0.1) is 0 Å². The van der Waals surface area contributed by atoms with Crippen LogP contribution < -0.4 is 4.74 Å². The molecule has 7 nitrogen and oxygen atoms in total. The van der Waals surface area contributed by atoms with E-state index in [2.05, 4.69) is 23.6 Å². The van der Waals surface area contributed by atoms with Crippen LogP contribution in [0.15, 0.2) is 54.6 Å². The number of nitrogens with zero attached hydrogens (tertiary/aromatic N) is 4. The third-order valence-electron chi connectivity index (χ3n) is 6.76. The molecule has 36 heavy (non-hydrogen) atoms. The average molecular weight is 497 g/mol. The number of aliphatic hydroxyl groups excluding tert-OH is 1. The fourth-order valence-electron chi connectivity index (χ4n) is 4.46. The van der Waals surface area contributed by atoms with Crippen LogP contribution in [0.4, 0.5) is 4.39 Å². The van der Waals surface area contributed by atoms with E-state index in [0.29, 0.717) is 44.5 Å². The van der Waals surface area contributed by atoms with Crippen molar-refractivity contribution in [2.24, 2.45) is 0 Å². The quantitative estimate of drug-likeness (QED) is 0.425. The SMILES string of the molecule is CCC(C)N(Cc1c(C)nn(-c2ccccc2)c1Oc1ccc(F)cc1)CC(O)CN1CCOCC1. The summed E-state index contributed by atoms with van der Waals surface area (Å²) in [5.74, 6) is 0.825. The first-order valence-electron chi connectivity index (χ1n) is 12.7. The first kappa shape index (κ1) is 26.3. The van der Waals surface area contributed by atoms with Gasteiger partial charge in [-0.05, 0) is 56.7 Å². The molecule has 0 radical (unpaired) electrons. The number of hydrogen-bond donors (Lipinski definition) is 1. The van der Waals surface area contributed by atoms with E-state index >= 15 is 0 Å². The van der Waals surface area contributed by atoms with Gasteiger partial charge in [0.25, 0.3) is 0 Å². The van der Waals surface area contributed by atoms with Gasteiger partial charge in [-0.25, -0.2) is 9.07 Å². The van der Waals surface area contributed by atoms with E-state index in [-0.39, 0.29) is 11.9 Å². The first-order valence-corrected chi connectivity index (χ1v) is 12.7. The minimum absolute atomic E-state index is 0.252. The number of halogens is 1. The molecule has 0 aliphatic carbocycles. The summed E-state index contributed by atoms with van der Waals surface area (Å²) in [6.45, 7) is 11.2. The van der Waals surface area contributed by atoms with Crippen LogP contribution in [0.3, 0.4) is 0 Å². The Labute approximate surface area is 213 Å². The third-order valence-corrected chi connectivity index (χ3v) is 6.76. The van der Waals surface area contributed by atoms with Gasteiger partial charge in [-0.3, -0.25) is 9.80 Å². The average Bonchev–Trinajstić information content (AvgIpc) is 3.20. The van der Waals surface area contributed by atoms with Crippen LogP contribution in [-0.4, -0.2) is 76.2 Å². The smallest absolute Gasteiger partial charge is 0.227 e. The van der Waals surface area contributed by atoms with Crippen LogP contribution in [0.25, 0.3) is 5.69 Å². The highest BCUT2D eigenvalue weighted by molar-refractivity contribution is 5.43. The number of β-amino-alcohol motifs (C(OH)–C–C–N with tert-alkyl or cyclic N) is 1. The Hall–Kier alpha value is -2.78. The first-order chi connectivity index (χ1) is 17.4. The maximum absolute atomic E-state index is 13.5. The number of aliphatic hydroxyl groups is 1. The van der Waals surface area contributed by atoms with Crippen LogP contribution in [0.1, 0.15) is 31.5 Å². The second-order valence-electron chi connectivity index (χ2n) is 9.43. The topological polar surface area (TPSA) is 63.0 Å². The summed E-state index contributed by atoms with van der Waals surface area (Å²) in [5.41, 5.74) is 2.68. The summed E-state index contributed by atoms with van der Waals surface area (Å²) in [7, 11) is 0. The molecule has 1 N–H and O–H groups in total. The van der Waals surface area contributed by atoms with Crippen LogP contribution in [0.2, 0.25) is 0 Å². The minimum atomic E-state index is -0.483. The lowest BCUT2D eigenvalue weighted by Crippen LogP contribution is -2.46. The van der Waals surface area contributed by atoms with Gasteiger partial charge in [0.1, 0.15) is 11.6 Å². The summed E-state index contributed by atoms with van der Waals surface area (Å²) in [4.78, 5) is 4.55. The van der Waals surface area contributed by atoms with E-state index < -0.39 is 6.10 Å². The molecule has 0 bridgehead atoms. The Bertz CT molecular complexity index is 1080. The molecule has 194 valence electrons. The maximum Gasteiger partial charge on any atom is 0.227 e. The van der Waals surface area contributed by atoms with E-state index in [1.54, 1.807) is 16.8 Å². The van der Waals surface area contributed by atoms with E-state index in [0.717, 1.165) is 36.5 Å². The zero-order valence-electron chi connectivity index (χ0n) is 21.4. The highest BCUT2D eigenvalue weighted by atomic mass is 19.1. The summed E-state index contributed by atoms with van der Waals surface area (Å²) < 4.78 is 27.1. The highest BCUT2D eigenvalue weighted by Gasteiger charge is 2.25. The van der Waals surface area contributed by atoms with Gasteiger partial charge in [-0.2, -0.15) is 5.10 Å². The third kappa shape index (κ3) is 6.70. The largest absolute Gasteiger partial charge is 0.439 e. The molecule has 2 aromatic carbocycles. The molecule has 0 saturated carbocycles. The summed E-state index contributed by atoms with van der Waals surface area (Å²) in [5, 5.41) is 15.8. The normalized spacial score (nSPS) is 16.3. The van der Waals surface area contributed by atoms with E-state index in [9.17, 15) is 9.50 Å². The molecule has 1 fully saturated rings. The Balaban J connectivity index is 1.61. The number of hydrogen-bond acceptors (Lipinski definition) is 6. The molecule has 1 aliphatic heterocycles. The second-order valence-corrected chi connectivity index (χ2v) is 9.43. The Morgan fingerprint density at radius 2 is 1.81 bits per heavy atom. The lowest BCUT2D eigenvalue weighted by Gasteiger charge is -2.33. The standard InChI is InChI=1S/C28H37FN4O3/c1-4-21(2)32(19-25(34)18-31-14-16-35-17-15-31)20-27-22(3)30-33(24-8-6-5-7-9-24)28(27)36-26-12-10-23(29)11-13-26/h5-13,21,25,34H,4,14-20H2,1-3H3. The highest BCUT2D eigenvalue weighted by Crippen LogP contribution is 2.32. The molecular formula is C28H37FN4O3. The van der Waals surface area contributed by atoms with Crippen molar-refractivity contribution in [3.05, 3.63) is 71.7 Å². The van der Waals surface area contributed by atoms with Gasteiger partial charge in [0.05, 0.1) is 36.3 Å². The molecule has 2 atom stereocenters. The molecule has 4 rings (SSSR count). The Morgan fingerprint density at radius 3 is 2.47 bits per heavy atom. The van der Waals surface area contributed by atoms with Crippen LogP contribution in [0, 0.1) is 12.7 Å². The van der Waals surface area contributed by atoms with Crippen molar-refractivity contribution in [1.29, 1.82) is 0 Å². The zero-order chi connectivity index (χ0) is 25.5. The van der Waals surface area contributed by atoms with Gasteiger partial charge in [0, 0.05) is 38.8 Å². The molecule has 0 spiro atoms. The summed E-state index contributed by atoms with van der Waals surface area (Å²) in [6.07, 6.45) is 0.465. The number of morpholine rings is 1. The van der Waals surface area contributed by atoms with Gasteiger partial charge in [0.2, 0.25) is 5.88 Å². The number of benzene rings is 2. The van der Waals surface area contributed by atoms with Gasteiger partial charge in [-0.1, -0.05) is 25.1 Å². The second kappa shape index (κ2) is 12.5. The van der Waals surface area contributed by atoms with Crippen LogP contribution in [-0.2, 0) is 11.3 Å². The van der Waals surface area contributed by atoms with Crippen molar-refractivity contribution < 1.29 is 19.0 Å². The lowest BCUT2D eigenvalue weighted by atomic mass is 10.1. The summed E-state index contributed by atoms with van der Waals surface area (Å²) >= 11 is 0. The number of rotatable bonds is 11. The lowest BCUT2D eigenvalue weighted by molar-refractivity contribution is 0.00243. The molecule has 1 aromatic heterocycles. The molecule has 0 amide bonds. The van der Waals surface area contributed by atoms with Crippen LogP contribution >= 0.6 is 0 Å². The number of aromatic nitrogens is 2. The predicted molar refractivity (Wildman–Crippen MR) is 138 cm³/mol. The minimum Gasteiger partial charge on any atom is -0.439 e. The van der Waals surface area contributed by atoms with Crippen molar-refractivity contribution in [2.75, 3.05) is 39.4 Å². The van der Waals surface area contributed by atoms with Crippen molar-refractivity contribution in [2.45, 2.75) is 45.9 Å². The van der Waals surface area contributed by atoms with Gasteiger partial charge >= 0.3 is 0 Å². The molecule has 8 heteroatoms. The molecule has 1 saturated heterocycles. The van der Waals surface area contributed by atoms with E-state index in [4.69, 9.17) is 14.6 Å². The van der Waals surface area contributed by atoms with Crippen LogP contribution in [0.5, 0.6) is 11.6 Å². The fraction of sp³-hybridized carbons (Fsp3) is 0.464. The maximum atomic E-state index is 13.5. The number of para-hydroxylation sites is 1. The predicted octanol–water partition coefficient (Wildman–Crippen LogP) is 4.41. The summed E-state index contributed by atoms with van der Waals surface area (Å²) in [6, 6.07) is 16.1. The number of ether oxygens (including phenoxy) is 2. The monoisotopic (exact) mass is 496 g/mol. The van der Waals surface area contributed by atoms with Crippen molar-refractivity contribution in [3.63, 3.8) is 0 Å². The van der Waals surface area contributed by atoms with Crippen molar-refractivity contribution in [1.82, 2.24) is 19.6 Å². The van der Waals surface area contributed by atoms with Crippen molar-refractivity contribution in [3.8, 4) is 17.3 Å². The number of aryl methyl sites for hydroxylation is 1. The van der Waals surface area contributed by atoms with Crippen molar-refractivity contribution >= 4 is 0 Å². The molecule has 1 aliphatic rings. The molecule has 2 heterocycles. The fourth-order valence-corrected chi connectivity index (χ4v) is 4.46. The van der Waals surface area contributed by atoms with E-state index in [1.807, 2.05) is 37.3 Å². The Kier molecular flexibility index (Phi) is 9.09. The Morgan fingerprint density at radius 1 is 1.11 bits per heavy atom. The van der Waals surface area contributed by atoms with Gasteiger partial charge in [0.15, 0.2) is 0 Å².